The molecule has 0 fully saturated rings. The summed E-state index contributed by atoms with van der Waals surface area (Å²) >= 11 is 1.84. The van der Waals surface area contributed by atoms with Crippen molar-refractivity contribution >= 4 is 18.0 Å². The van der Waals surface area contributed by atoms with Crippen molar-refractivity contribution in [2.24, 2.45) is 5.16 Å². The predicted octanol–water partition coefficient (Wildman–Crippen LogP) is 4.38. The van der Waals surface area contributed by atoms with Crippen LogP contribution in [0.15, 0.2) is 69.6 Å². The van der Waals surface area contributed by atoms with Crippen LogP contribution in [0.5, 0.6) is 5.75 Å². The first-order valence-corrected chi connectivity index (χ1v) is 7.49. The zero-order valence-electron chi connectivity index (χ0n) is 10.8. The Balaban J connectivity index is 1.71. The van der Waals surface area contributed by atoms with Gasteiger partial charge in [-0.15, -0.1) is 0 Å². The van der Waals surface area contributed by atoms with E-state index in [-0.39, 0.29) is 5.92 Å². The molecule has 3 heteroatoms. The predicted molar refractivity (Wildman–Crippen MR) is 82.4 cm³/mol. The zero-order chi connectivity index (χ0) is 13.4. The Morgan fingerprint density at radius 1 is 1.05 bits per heavy atom. The molecule has 0 spiro atoms. The van der Waals surface area contributed by atoms with Gasteiger partial charge in [0.05, 0.1) is 12.1 Å². The Labute approximate surface area is 122 Å². The molecule has 0 aliphatic carbocycles. The van der Waals surface area contributed by atoms with Gasteiger partial charge in [0.1, 0.15) is 0 Å². The average Bonchev–Trinajstić information content (AvgIpc) is 2.54. The van der Waals surface area contributed by atoms with Crippen LogP contribution in [-0.4, -0.2) is 6.21 Å². The summed E-state index contributed by atoms with van der Waals surface area (Å²) in [5, 5.41) is 4.05. The van der Waals surface area contributed by atoms with E-state index in [0.29, 0.717) is 0 Å². The van der Waals surface area contributed by atoms with Crippen molar-refractivity contribution in [3.05, 3.63) is 70.6 Å². The average molecular weight is 279 g/mol. The van der Waals surface area contributed by atoms with Crippen molar-refractivity contribution in [1.29, 1.82) is 0 Å². The van der Waals surface area contributed by atoms with Crippen LogP contribution < -0.4 is 4.84 Å². The minimum Gasteiger partial charge on any atom is -0.357 e. The summed E-state index contributed by atoms with van der Waals surface area (Å²) in [6, 6.07) is 16.7. The molecule has 2 aliphatic heterocycles. The summed E-state index contributed by atoms with van der Waals surface area (Å²) in [7, 11) is 0. The van der Waals surface area contributed by atoms with E-state index >= 15 is 0 Å². The molecule has 2 aromatic carbocycles. The molecule has 2 aromatic rings. The molecular weight excluding hydrogens is 266 g/mol. The number of fused-ring (bicyclic) bond motifs is 2. The van der Waals surface area contributed by atoms with Crippen molar-refractivity contribution in [2.45, 2.75) is 17.2 Å². The topological polar surface area (TPSA) is 21.6 Å². The van der Waals surface area contributed by atoms with Crippen LogP contribution in [0.25, 0.3) is 0 Å². The number of allylic oxidation sites excluding steroid dienone is 2. The van der Waals surface area contributed by atoms with Crippen molar-refractivity contribution in [1.82, 2.24) is 0 Å². The van der Waals surface area contributed by atoms with Crippen LogP contribution in [0, 0.1) is 0 Å². The maximum atomic E-state index is 5.35. The maximum Gasteiger partial charge on any atom is 0.162 e. The number of benzene rings is 2. The van der Waals surface area contributed by atoms with E-state index in [1.54, 1.807) is 0 Å². The van der Waals surface area contributed by atoms with Crippen molar-refractivity contribution in [3.63, 3.8) is 0 Å². The summed E-state index contributed by atoms with van der Waals surface area (Å²) in [6.07, 6.45) is 5.20. The fourth-order valence-electron chi connectivity index (χ4n) is 2.62. The van der Waals surface area contributed by atoms with E-state index in [0.717, 1.165) is 12.2 Å². The minimum atomic E-state index is 0.207. The number of nitrogens with zero attached hydrogens (tertiary/aromatic N) is 1. The lowest BCUT2D eigenvalue weighted by molar-refractivity contribution is 0.331. The van der Waals surface area contributed by atoms with Crippen LogP contribution in [0.1, 0.15) is 17.0 Å². The lowest BCUT2D eigenvalue weighted by Gasteiger charge is -2.24. The first kappa shape index (κ1) is 11.8. The first-order chi connectivity index (χ1) is 9.92. The van der Waals surface area contributed by atoms with E-state index in [1.165, 1.54) is 20.9 Å². The van der Waals surface area contributed by atoms with Crippen LogP contribution in [0.2, 0.25) is 0 Å². The summed E-state index contributed by atoms with van der Waals surface area (Å²) in [6.45, 7) is 0. The number of para-hydroxylation sites is 1. The molecule has 0 aromatic heterocycles. The van der Waals surface area contributed by atoms with E-state index in [9.17, 15) is 0 Å². The van der Waals surface area contributed by atoms with Crippen LogP contribution in [0.4, 0.5) is 0 Å². The third-order valence-corrected chi connectivity index (χ3v) is 4.92. The molecule has 2 nitrogen and oxygen atoms in total. The number of hydrogen-bond donors (Lipinski definition) is 0. The molecule has 0 saturated heterocycles. The van der Waals surface area contributed by atoms with Crippen molar-refractivity contribution in [3.8, 4) is 5.75 Å². The Morgan fingerprint density at radius 2 is 1.90 bits per heavy atom. The quantitative estimate of drug-likeness (QED) is 0.772. The molecule has 1 unspecified atom stereocenters. The zero-order valence-corrected chi connectivity index (χ0v) is 11.6. The van der Waals surface area contributed by atoms with Crippen LogP contribution in [-0.2, 0) is 6.42 Å². The standard InChI is InChI=1S/C17H13NOS/c1-4-8-16-12(5-1)9-10-17(20-16)14-11-18-19-15-7-3-2-6-13(14)15/h1-8,10-11,14H,9H2. The molecule has 2 heterocycles. The van der Waals surface area contributed by atoms with Gasteiger partial charge < -0.3 is 4.84 Å². The lowest BCUT2D eigenvalue weighted by atomic mass is 9.96. The van der Waals surface area contributed by atoms with Gasteiger partial charge in [0.2, 0.25) is 0 Å². The highest BCUT2D eigenvalue weighted by Gasteiger charge is 2.25. The second-order valence-electron chi connectivity index (χ2n) is 4.88. The molecule has 98 valence electrons. The third-order valence-electron chi connectivity index (χ3n) is 3.65. The Bertz CT molecular complexity index is 720. The molecule has 0 bridgehead atoms. The minimum absolute atomic E-state index is 0.207. The highest BCUT2D eigenvalue weighted by atomic mass is 32.2. The van der Waals surface area contributed by atoms with Gasteiger partial charge in [0.25, 0.3) is 0 Å². The summed E-state index contributed by atoms with van der Waals surface area (Å²) in [4.78, 5) is 8.03. The Morgan fingerprint density at radius 3 is 2.90 bits per heavy atom. The summed E-state index contributed by atoms with van der Waals surface area (Å²) < 4.78 is 0. The van der Waals surface area contributed by atoms with Gasteiger partial charge in [-0.25, -0.2) is 0 Å². The second-order valence-corrected chi connectivity index (χ2v) is 6.00. The van der Waals surface area contributed by atoms with Crippen LogP contribution in [0.3, 0.4) is 0 Å². The van der Waals surface area contributed by atoms with Crippen molar-refractivity contribution < 1.29 is 4.84 Å². The van der Waals surface area contributed by atoms with E-state index in [2.05, 4.69) is 47.6 Å². The molecule has 1 atom stereocenters. The van der Waals surface area contributed by atoms with E-state index in [4.69, 9.17) is 4.84 Å². The molecule has 4 rings (SSSR count). The molecule has 0 radical (unpaired) electrons. The molecule has 0 saturated carbocycles. The van der Waals surface area contributed by atoms with Gasteiger partial charge in [-0.05, 0) is 29.0 Å². The van der Waals surface area contributed by atoms with Crippen LogP contribution >= 0.6 is 11.8 Å². The molecule has 0 amide bonds. The fraction of sp³-hybridized carbons (Fsp3) is 0.118. The van der Waals surface area contributed by atoms with E-state index < -0.39 is 0 Å². The number of rotatable bonds is 1. The Hall–Kier alpha value is -2.00. The Kier molecular flexibility index (Phi) is 2.85. The molecular formula is C17H13NOS. The van der Waals surface area contributed by atoms with Gasteiger partial charge in [-0.1, -0.05) is 59.4 Å². The lowest BCUT2D eigenvalue weighted by Crippen LogP contribution is -2.11. The third kappa shape index (κ3) is 1.95. The monoisotopic (exact) mass is 279 g/mol. The van der Waals surface area contributed by atoms with Gasteiger partial charge >= 0.3 is 0 Å². The number of thioether (sulfide) groups is 1. The highest BCUT2D eigenvalue weighted by Crippen LogP contribution is 2.44. The van der Waals surface area contributed by atoms with Gasteiger partial charge in [-0.3, -0.25) is 0 Å². The molecule has 20 heavy (non-hydrogen) atoms. The molecule has 0 N–H and O–H groups in total. The largest absolute Gasteiger partial charge is 0.357 e. The highest BCUT2D eigenvalue weighted by molar-refractivity contribution is 8.03. The smallest absolute Gasteiger partial charge is 0.162 e. The van der Waals surface area contributed by atoms with Gasteiger partial charge in [0, 0.05) is 10.5 Å². The van der Waals surface area contributed by atoms with Gasteiger partial charge in [-0.2, -0.15) is 0 Å². The van der Waals surface area contributed by atoms with Gasteiger partial charge in [0.15, 0.2) is 5.75 Å². The fourth-order valence-corrected chi connectivity index (χ4v) is 3.78. The summed E-state index contributed by atoms with van der Waals surface area (Å²) in [5.41, 5.74) is 2.60. The normalized spacial score (nSPS) is 19.6. The molecule has 2 aliphatic rings. The van der Waals surface area contributed by atoms with E-state index in [1.807, 2.05) is 30.1 Å². The summed E-state index contributed by atoms with van der Waals surface area (Å²) in [5.74, 6) is 1.07. The van der Waals surface area contributed by atoms with Crippen molar-refractivity contribution in [2.75, 3.05) is 0 Å². The first-order valence-electron chi connectivity index (χ1n) is 6.67. The second kappa shape index (κ2) is 4.84. The number of hydrogen-bond acceptors (Lipinski definition) is 3. The number of oxime groups is 1. The SMILES string of the molecule is C1=NOc2ccccc2C1C1=CCc2ccccc2S1. The maximum absolute atomic E-state index is 5.35.